The molecule has 1 unspecified atom stereocenters. The van der Waals surface area contributed by atoms with Crippen LogP contribution in [-0.2, 0) is 0 Å². The van der Waals surface area contributed by atoms with Gasteiger partial charge in [0.25, 0.3) is 5.91 Å². The van der Waals surface area contributed by atoms with Gasteiger partial charge in [-0.3, -0.25) is 4.79 Å². The van der Waals surface area contributed by atoms with Gasteiger partial charge in [-0.05, 0) is 38.0 Å². The minimum Gasteiger partial charge on any atom is -0.396 e. The lowest BCUT2D eigenvalue weighted by molar-refractivity contribution is 0.0899. The fourth-order valence-electron chi connectivity index (χ4n) is 2.02. The van der Waals surface area contributed by atoms with Crippen molar-refractivity contribution in [3.8, 4) is 0 Å². The van der Waals surface area contributed by atoms with Gasteiger partial charge in [0.05, 0.1) is 5.56 Å². The molecule has 1 amide bonds. The number of rotatable bonds is 3. The fraction of sp³-hybridized carbons (Fsp3) is 0.417. The Labute approximate surface area is 109 Å². The zero-order valence-corrected chi connectivity index (χ0v) is 11.2. The first-order valence-corrected chi connectivity index (χ1v) is 6.34. The predicted octanol–water partition coefficient (Wildman–Crippen LogP) is 2.09. The Morgan fingerprint density at radius 1 is 1.41 bits per heavy atom. The maximum absolute atomic E-state index is 12.0. The molecular formula is C12H15BrN2O2. The number of carbonyl (C=O) groups excluding carboxylic acids is 1. The molecule has 0 saturated carbocycles. The van der Waals surface area contributed by atoms with Crippen LogP contribution in [0.5, 0.6) is 0 Å². The Morgan fingerprint density at radius 3 is 2.88 bits per heavy atom. The van der Waals surface area contributed by atoms with Crippen molar-refractivity contribution in [2.75, 3.05) is 11.9 Å². The second-order valence-corrected chi connectivity index (χ2v) is 5.34. The van der Waals surface area contributed by atoms with E-state index in [1.807, 2.05) is 19.1 Å². The number of anilines is 1. The maximum atomic E-state index is 12.0. The average Bonchev–Trinajstić information content (AvgIpc) is 2.28. The molecule has 1 aromatic rings. The number of hydrogen-bond donors (Lipinski definition) is 3. The first kappa shape index (κ1) is 12.4. The van der Waals surface area contributed by atoms with Gasteiger partial charge < -0.3 is 15.7 Å². The molecule has 17 heavy (non-hydrogen) atoms. The van der Waals surface area contributed by atoms with Gasteiger partial charge in [-0.15, -0.1) is 0 Å². The second-order valence-electron chi connectivity index (χ2n) is 4.43. The van der Waals surface area contributed by atoms with Crippen molar-refractivity contribution in [3.05, 3.63) is 28.2 Å². The van der Waals surface area contributed by atoms with E-state index < -0.39 is 5.66 Å². The summed E-state index contributed by atoms with van der Waals surface area (Å²) in [5.41, 5.74) is 0.985. The third-order valence-corrected chi connectivity index (χ3v) is 3.35. The van der Waals surface area contributed by atoms with E-state index in [4.69, 9.17) is 5.11 Å². The summed E-state index contributed by atoms with van der Waals surface area (Å²) in [4.78, 5) is 12.0. The van der Waals surface area contributed by atoms with E-state index in [1.165, 1.54) is 0 Å². The molecule has 1 aliphatic heterocycles. The lowest BCUT2D eigenvalue weighted by Gasteiger charge is -2.37. The predicted molar refractivity (Wildman–Crippen MR) is 70.0 cm³/mol. The highest BCUT2D eigenvalue weighted by Gasteiger charge is 2.32. The topological polar surface area (TPSA) is 61.4 Å². The minimum absolute atomic E-state index is 0.0829. The first-order chi connectivity index (χ1) is 8.04. The van der Waals surface area contributed by atoms with Gasteiger partial charge in [-0.2, -0.15) is 0 Å². The van der Waals surface area contributed by atoms with Gasteiger partial charge in [0, 0.05) is 16.8 Å². The smallest absolute Gasteiger partial charge is 0.255 e. The maximum Gasteiger partial charge on any atom is 0.255 e. The van der Waals surface area contributed by atoms with Crippen LogP contribution in [0.1, 0.15) is 30.1 Å². The molecular weight excluding hydrogens is 284 g/mol. The van der Waals surface area contributed by atoms with E-state index in [2.05, 4.69) is 26.6 Å². The highest BCUT2D eigenvalue weighted by atomic mass is 79.9. The lowest BCUT2D eigenvalue weighted by atomic mass is 9.99. The molecule has 1 atom stereocenters. The molecule has 92 valence electrons. The monoisotopic (exact) mass is 298 g/mol. The standard InChI is InChI=1S/C12H15BrN2O2/c1-12(5-2-6-16)14-10-4-3-8(13)7-9(10)11(17)15-12/h3-4,7,14,16H,2,5-6H2,1H3,(H,15,17). The van der Waals surface area contributed by atoms with E-state index in [1.54, 1.807) is 6.07 Å². The van der Waals surface area contributed by atoms with E-state index in [0.717, 1.165) is 10.2 Å². The third-order valence-electron chi connectivity index (χ3n) is 2.86. The van der Waals surface area contributed by atoms with Crippen LogP contribution in [-0.4, -0.2) is 23.3 Å². The molecule has 0 fully saturated rings. The molecule has 1 aromatic carbocycles. The number of halogens is 1. The second kappa shape index (κ2) is 4.66. The number of aliphatic hydroxyl groups excluding tert-OH is 1. The van der Waals surface area contributed by atoms with Crippen LogP contribution in [0.25, 0.3) is 0 Å². The van der Waals surface area contributed by atoms with Gasteiger partial charge in [-0.1, -0.05) is 15.9 Å². The molecule has 0 spiro atoms. The number of aliphatic hydroxyl groups is 1. The van der Waals surface area contributed by atoms with Crippen LogP contribution in [0, 0.1) is 0 Å². The highest BCUT2D eigenvalue weighted by Crippen LogP contribution is 2.29. The molecule has 0 bridgehead atoms. The molecule has 1 aliphatic rings. The summed E-state index contributed by atoms with van der Waals surface area (Å²) in [6.45, 7) is 2.05. The summed E-state index contributed by atoms with van der Waals surface area (Å²) in [5.74, 6) is -0.0829. The van der Waals surface area contributed by atoms with Gasteiger partial charge in [0.1, 0.15) is 5.66 Å². The van der Waals surface area contributed by atoms with Crippen molar-refractivity contribution >= 4 is 27.5 Å². The number of benzene rings is 1. The van der Waals surface area contributed by atoms with Crippen molar-refractivity contribution < 1.29 is 9.90 Å². The summed E-state index contributed by atoms with van der Waals surface area (Å²) >= 11 is 3.35. The van der Waals surface area contributed by atoms with Gasteiger partial charge in [0.15, 0.2) is 0 Å². The minimum atomic E-state index is -0.485. The van der Waals surface area contributed by atoms with Crippen LogP contribution in [0.4, 0.5) is 5.69 Å². The van der Waals surface area contributed by atoms with Gasteiger partial charge in [-0.25, -0.2) is 0 Å². The van der Waals surface area contributed by atoms with Gasteiger partial charge in [0.2, 0.25) is 0 Å². The first-order valence-electron chi connectivity index (χ1n) is 5.55. The quantitative estimate of drug-likeness (QED) is 0.801. The summed E-state index contributed by atoms with van der Waals surface area (Å²) in [5, 5.41) is 15.1. The zero-order chi connectivity index (χ0) is 12.5. The van der Waals surface area contributed by atoms with Crippen molar-refractivity contribution in [1.82, 2.24) is 5.32 Å². The summed E-state index contributed by atoms with van der Waals surface area (Å²) < 4.78 is 0.882. The molecule has 0 aromatic heterocycles. The number of fused-ring (bicyclic) bond motifs is 1. The van der Waals surface area contributed by atoms with Crippen molar-refractivity contribution in [3.63, 3.8) is 0 Å². The van der Waals surface area contributed by atoms with E-state index in [0.29, 0.717) is 18.4 Å². The molecule has 5 heteroatoms. The molecule has 4 nitrogen and oxygen atoms in total. The highest BCUT2D eigenvalue weighted by molar-refractivity contribution is 9.10. The Hall–Kier alpha value is -1.07. The molecule has 0 saturated heterocycles. The van der Waals surface area contributed by atoms with E-state index in [-0.39, 0.29) is 12.5 Å². The molecule has 2 rings (SSSR count). The normalized spacial score (nSPS) is 22.6. The SMILES string of the molecule is CC1(CCCO)NC(=O)c2cc(Br)ccc2N1. The molecule has 0 radical (unpaired) electrons. The Morgan fingerprint density at radius 2 is 2.18 bits per heavy atom. The Bertz CT molecular complexity index is 450. The average molecular weight is 299 g/mol. The van der Waals surface area contributed by atoms with E-state index in [9.17, 15) is 4.79 Å². The van der Waals surface area contributed by atoms with E-state index >= 15 is 0 Å². The van der Waals surface area contributed by atoms with Crippen LogP contribution in [0.2, 0.25) is 0 Å². The van der Waals surface area contributed by atoms with Crippen LogP contribution >= 0.6 is 15.9 Å². The molecule has 1 heterocycles. The van der Waals surface area contributed by atoms with Gasteiger partial charge >= 0.3 is 0 Å². The van der Waals surface area contributed by atoms with Crippen LogP contribution in [0.3, 0.4) is 0 Å². The third kappa shape index (κ3) is 2.61. The largest absolute Gasteiger partial charge is 0.396 e. The summed E-state index contributed by atoms with van der Waals surface area (Å²) in [6, 6.07) is 5.58. The number of nitrogens with one attached hydrogen (secondary N) is 2. The molecule has 3 N–H and O–H groups in total. The fourth-order valence-corrected chi connectivity index (χ4v) is 2.38. The van der Waals surface area contributed by atoms with Crippen molar-refractivity contribution in [2.45, 2.75) is 25.4 Å². The molecule has 0 aliphatic carbocycles. The zero-order valence-electron chi connectivity index (χ0n) is 9.59. The summed E-state index contributed by atoms with van der Waals surface area (Å²) in [6.07, 6.45) is 1.33. The summed E-state index contributed by atoms with van der Waals surface area (Å²) in [7, 11) is 0. The number of carbonyl (C=O) groups is 1. The van der Waals surface area contributed by atoms with Crippen LogP contribution in [0.15, 0.2) is 22.7 Å². The number of amides is 1. The van der Waals surface area contributed by atoms with Crippen molar-refractivity contribution in [2.24, 2.45) is 0 Å². The Balaban J connectivity index is 2.27. The lowest BCUT2D eigenvalue weighted by Crippen LogP contribution is -2.55. The number of hydrogen-bond acceptors (Lipinski definition) is 3. The van der Waals surface area contributed by atoms with Crippen LogP contribution < -0.4 is 10.6 Å². The van der Waals surface area contributed by atoms with Crippen molar-refractivity contribution in [1.29, 1.82) is 0 Å². The Kier molecular flexibility index (Phi) is 3.40.